The number of hydrogen-bond acceptors (Lipinski definition) is 3. The molecule has 0 aliphatic carbocycles. The van der Waals surface area contributed by atoms with E-state index in [9.17, 15) is 9.90 Å². The van der Waals surface area contributed by atoms with E-state index in [0.29, 0.717) is 30.5 Å². The van der Waals surface area contributed by atoms with E-state index < -0.39 is 0 Å². The molecule has 0 bridgehead atoms. The number of hydrogen-bond donors (Lipinski definition) is 2. The van der Waals surface area contributed by atoms with E-state index in [2.05, 4.69) is 5.32 Å². The number of benzene rings is 1. The maximum atomic E-state index is 12.2. The highest BCUT2D eigenvalue weighted by molar-refractivity contribution is 6.30. The maximum Gasteiger partial charge on any atom is 0.317 e. The fourth-order valence-corrected chi connectivity index (χ4v) is 2.81. The van der Waals surface area contributed by atoms with Gasteiger partial charge in [-0.3, -0.25) is 0 Å². The molecule has 2 amide bonds. The highest BCUT2D eigenvalue weighted by Crippen LogP contribution is 2.23. The van der Waals surface area contributed by atoms with Crippen LogP contribution in [0, 0.1) is 5.92 Å². The Morgan fingerprint density at radius 3 is 3.09 bits per heavy atom. The monoisotopic (exact) mass is 326 g/mol. The first-order chi connectivity index (χ1) is 10.6. The number of ether oxygens (including phenoxy) is 1. The van der Waals surface area contributed by atoms with Gasteiger partial charge < -0.3 is 20.1 Å². The summed E-state index contributed by atoms with van der Waals surface area (Å²) < 4.78 is 5.55. The molecule has 22 heavy (non-hydrogen) atoms. The SMILES string of the molecule is CCOc1cc(Cl)ccc1CNC(=O)N1CCC[C@@H](CO)C1. The third kappa shape index (κ3) is 4.52. The lowest BCUT2D eigenvalue weighted by molar-refractivity contribution is 0.129. The summed E-state index contributed by atoms with van der Waals surface area (Å²) in [7, 11) is 0. The minimum atomic E-state index is -0.101. The van der Waals surface area contributed by atoms with Crippen molar-refractivity contribution in [3.63, 3.8) is 0 Å². The minimum Gasteiger partial charge on any atom is -0.493 e. The quantitative estimate of drug-likeness (QED) is 0.874. The van der Waals surface area contributed by atoms with Crippen molar-refractivity contribution in [3.05, 3.63) is 28.8 Å². The molecule has 122 valence electrons. The van der Waals surface area contributed by atoms with Gasteiger partial charge in [0.05, 0.1) is 6.61 Å². The molecular formula is C16H23ClN2O3. The van der Waals surface area contributed by atoms with E-state index in [4.69, 9.17) is 16.3 Å². The Morgan fingerprint density at radius 1 is 1.55 bits per heavy atom. The number of carbonyl (C=O) groups is 1. The first kappa shape index (κ1) is 16.9. The number of halogens is 1. The van der Waals surface area contributed by atoms with Crippen molar-refractivity contribution in [2.45, 2.75) is 26.3 Å². The molecule has 1 heterocycles. The van der Waals surface area contributed by atoms with Gasteiger partial charge in [-0.25, -0.2) is 4.79 Å². The van der Waals surface area contributed by atoms with Gasteiger partial charge in [0.1, 0.15) is 5.75 Å². The van der Waals surface area contributed by atoms with Crippen LogP contribution in [-0.4, -0.2) is 42.3 Å². The standard InChI is InChI=1S/C16H23ClN2O3/c1-2-22-15-8-14(17)6-5-13(15)9-18-16(21)19-7-3-4-12(10-19)11-20/h5-6,8,12,20H,2-4,7,9-11H2,1H3,(H,18,21)/t12-/m1/s1. The maximum absolute atomic E-state index is 12.2. The minimum absolute atomic E-state index is 0.101. The number of nitrogens with one attached hydrogen (secondary N) is 1. The molecule has 2 rings (SSSR count). The summed E-state index contributed by atoms with van der Waals surface area (Å²) in [6, 6.07) is 5.31. The van der Waals surface area contributed by atoms with Crippen LogP contribution in [0.15, 0.2) is 18.2 Å². The zero-order chi connectivity index (χ0) is 15.9. The molecule has 1 fully saturated rings. The molecule has 1 saturated heterocycles. The smallest absolute Gasteiger partial charge is 0.317 e. The molecule has 6 heteroatoms. The second kappa shape index (κ2) is 8.25. The molecule has 1 aromatic rings. The van der Waals surface area contributed by atoms with Gasteiger partial charge in [-0.15, -0.1) is 0 Å². The molecule has 0 aromatic heterocycles. The van der Waals surface area contributed by atoms with Crippen LogP contribution < -0.4 is 10.1 Å². The number of carbonyl (C=O) groups excluding carboxylic acids is 1. The average Bonchev–Trinajstić information content (AvgIpc) is 2.54. The molecule has 0 radical (unpaired) electrons. The van der Waals surface area contributed by atoms with E-state index in [1.165, 1.54) is 0 Å². The first-order valence-corrected chi connectivity index (χ1v) is 8.06. The molecule has 0 spiro atoms. The molecular weight excluding hydrogens is 304 g/mol. The van der Waals surface area contributed by atoms with Crippen molar-refractivity contribution in [1.82, 2.24) is 10.2 Å². The number of aliphatic hydroxyl groups is 1. The van der Waals surface area contributed by atoms with Crippen molar-refractivity contribution in [2.75, 3.05) is 26.3 Å². The van der Waals surface area contributed by atoms with Gasteiger partial charge in [-0.2, -0.15) is 0 Å². The second-order valence-corrected chi connectivity index (χ2v) is 5.92. The Balaban J connectivity index is 1.93. The van der Waals surface area contributed by atoms with Crippen molar-refractivity contribution in [3.8, 4) is 5.75 Å². The highest BCUT2D eigenvalue weighted by atomic mass is 35.5. The summed E-state index contributed by atoms with van der Waals surface area (Å²) >= 11 is 5.97. The summed E-state index contributed by atoms with van der Waals surface area (Å²) in [5.41, 5.74) is 0.898. The fourth-order valence-electron chi connectivity index (χ4n) is 2.65. The molecule has 0 unspecified atom stereocenters. The fraction of sp³-hybridized carbons (Fsp3) is 0.562. The van der Waals surface area contributed by atoms with Gasteiger partial charge in [0, 0.05) is 36.8 Å². The summed E-state index contributed by atoms with van der Waals surface area (Å²) in [6.07, 6.45) is 1.91. The number of urea groups is 1. The number of amides is 2. The van der Waals surface area contributed by atoms with Gasteiger partial charge in [-0.05, 0) is 37.8 Å². The first-order valence-electron chi connectivity index (χ1n) is 7.69. The lowest BCUT2D eigenvalue weighted by atomic mass is 9.99. The molecule has 2 N–H and O–H groups in total. The van der Waals surface area contributed by atoms with E-state index in [1.807, 2.05) is 13.0 Å². The molecule has 1 aliphatic rings. The van der Waals surface area contributed by atoms with Crippen LogP contribution in [0.25, 0.3) is 0 Å². The summed E-state index contributed by atoms with van der Waals surface area (Å²) in [6.45, 7) is 4.33. The topological polar surface area (TPSA) is 61.8 Å². The van der Waals surface area contributed by atoms with Crippen LogP contribution in [0.4, 0.5) is 4.79 Å². The summed E-state index contributed by atoms with van der Waals surface area (Å²) in [5.74, 6) is 0.885. The van der Waals surface area contributed by atoms with E-state index >= 15 is 0 Å². The normalized spacial score (nSPS) is 18.1. The molecule has 5 nitrogen and oxygen atoms in total. The zero-order valence-electron chi connectivity index (χ0n) is 12.8. The van der Waals surface area contributed by atoms with Gasteiger partial charge >= 0.3 is 6.03 Å². The second-order valence-electron chi connectivity index (χ2n) is 5.48. The lowest BCUT2D eigenvalue weighted by Crippen LogP contribution is -2.45. The van der Waals surface area contributed by atoms with Crippen LogP contribution in [0.3, 0.4) is 0 Å². The third-order valence-electron chi connectivity index (χ3n) is 3.82. The molecule has 0 saturated carbocycles. The van der Waals surface area contributed by atoms with Crippen LogP contribution >= 0.6 is 11.6 Å². The Morgan fingerprint density at radius 2 is 2.36 bits per heavy atom. The van der Waals surface area contributed by atoms with Crippen molar-refractivity contribution in [1.29, 1.82) is 0 Å². The number of nitrogens with zero attached hydrogens (tertiary/aromatic N) is 1. The molecule has 1 aromatic carbocycles. The molecule has 1 atom stereocenters. The van der Waals surface area contributed by atoms with Crippen LogP contribution in [0.2, 0.25) is 5.02 Å². The van der Waals surface area contributed by atoms with Crippen molar-refractivity contribution < 1.29 is 14.6 Å². The summed E-state index contributed by atoms with van der Waals surface area (Å²) in [5, 5.41) is 12.8. The lowest BCUT2D eigenvalue weighted by Gasteiger charge is -2.31. The van der Waals surface area contributed by atoms with Crippen LogP contribution in [-0.2, 0) is 6.54 Å². The van der Waals surface area contributed by atoms with Gasteiger partial charge in [0.25, 0.3) is 0 Å². The van der Waals surface area contributed by atoms with Gasteiger partial charge in [0.15, 0.2) is 0 Å². The number of likely N-dealkylation sites (tertiary alicyclic amines) is 1. The number of piperidine rings is 1. The predicted octanol–water partition coefficient (Wildman–Crippen LogP) is 2.65. The Hall–Kier alpha value is -1.46. The largest absolute Gasteiger partial charge is 0.493 e. The third-order valence-corrected chi connectivity index (χ3v) is 4.06. The molecule has 1 aliphatic heterocycles. The van der Waals surface area contributed by atoms with E-state index in [0.717, 1.165) is 24.9 Å². The predicted molar refractivity (Wildman–Crippen MR) is 86.2 cm³/mol. The Bertz CT molecular complexity index is 510. The van der Waals surface area contributed by atoms with Gasteiger partial charge in [0.2, 0.25) is 0 Å². The average molecular weight is 327 g/mol. The Kier molecular flexibility index (Phi) is 6.34. The number of rotatable bonds is 5. The van der Waals surface area contributed by atoms with Crippen molar-refractivity contribution in [2.24, 2.45) is 5.92 Å². The number of aliphatic hydroxyl groups excluding tert-OH is 1. The summed E-state index contributed by atoms with van der Waals surface area (Å²) in [4.78, 5) is 14.0. The van der Waals surface area contributed by atoms with Gasteiger partial charge in [-0.1, -0.05) is 17.7 Å². The van der Waals surface area contributed by atoms with E-state index in [1.54, 1.807) is 17.0 Å². The highest BCUT2D eigenvalue weighted by Gasteiger charge is 2.23. The van der Waals surface area contributed by atoms with Crippen molar-refractivity contribution >= 4 is 17.6 Å². The van der Waals surface area contributed by atoms with E-state index in [-0.39, 0.29) is 18.6 Å². The zero-order valence-corrected chi connectivity index (χ0v) is 13.6. The van der Waals surface area contributed by atoms with Crippen LogP contribution in [0.5, 0.6) is 5.75 Å². The Labute approximate surface area is 136 Å². The van der Waals surface area contributed by atoms with Crippen LogP contribution in [0.1, 0.15) is 25.3 Å².